The molecule has 0 atom stereocenters. The van der Waals surface area contributed by atoms with Gasteiger partial charge in [0.2, 0.25) is 5.95 Å². The Morgan fingerprint density at radius 2 is 1.88 bits per heavy atom. The maximum Gasteiger partial charge on any atom is 0.262 e. The smallest absolute Gasteiger partial charge is 0.262 e. The number of benzene rings is 2. The van der Waals surface area contributed by atoms with Crippen LogP contribution < -0.4 is 32.6 Å². The van der Waals surface area contributed by atoms with Gasteiger partial charge in [-0.05, 0) is 67.6 Å². The van der Waals surface area contributed by atoms with E-state index in [1.807, 2.05) is 29.2 Å². The second-order valence-corrected chi connectivity index (χ2v) is 10.5. The minimum absolute atomic E-state index is 0. The summed E-state index contributed by atoms with van der Waals surface area (Å²) >= 11 is 6.30. The molecule has 11 nitrogen and oxygen atoms in total. The van der Waals surface area contributed by atoms with Crippen LogP contribution in [0.15, 0.2) is 59.5 Å². The van der Waals surface area contributed by atoms with Gasteiger partial charge in [0.05, 0.1) is 10.7 Å². The third kappa shape index (κ3) is 7.35. The number of anilines is 3. The number of nitrogens with zero attached hydrogens (tertiary/aromatic N) is 3. The van der Waals surface area contributed by atoms with Crippen LogP contribution in [0.2, 0.25) is 5.02 Å². The maximum atomic E-state index is 13.1. The van der Waals surface area contributed by atoms with Crippen LogP contribution in [-0.4, -0.2) is 52.4 Å². The number of aromatic amines is 1. The molecule has 0 radical (unpaired) electrons. The van der Waals surface area contributed by atoms with E-state index in [2.05, 4.69) is 25.6 Å². The maximum absolute atomic E-state index is 13.1. The predicted octanol–water partition coefficient (Wildman–Crippen LogP) is 3.52. The summed E-state index contributed by atoms with van der Waals surface area (Å²) in [7, 11) is 0. The normalized spacial score (nSPS) is 13.4. The first-order chi connectivity index (χ1) is 19.8. The Morgan fingerprint density at radius 3 is 2.64 bits per heavy atom. The summed E-state index contributed by atoms with van der Waals surface area (Å²) in [5, 5.41) is 6.24. The van der Waals surface area contributed by atoms with E-state index >= 15 is 0 Å². The summed E-state index contributed by atoms with van der Waals surface area (Å²) in [5.74, 6) is -0.482. The highest BCUT2D eigenvalue weighted by Gasteiger charge is 2.20. The van der Waals surface area contributed by atoms with E-state index in [9.17, 15) is 14.4 Å². The number of rotatable bonds is 8. The van der Waals surface area contributed by atoms with E-state index in [0.29, 0.717) is 34.8 Å². The van der Waals surface area contributed by atoms with Crippen molar-refractivity contribution in [3.05, 3.63) is 86.8 Å². The van der Waals surface area contributed by atoms with Crippen molar-refractivity contribution in [1.29, 1.82) is 0 Å². The zero-order valence-corrected chi connectivity index (χ0v) is 24.3. The number of carbonyl (C=O) groups is 2. The molecule has 2 aromatic heterocycles. The number of piperidine rings is 1. The van der Waals surface area contributed by atoms with Crippen LogP contribution in [0, 0.1) is 0 Å². The molecule has 0 spiro atoms. The SMILES string of the molecule is Cl.Nc1cccc(CCCNC(=O)c2ccc(Cl)c(NC(=O)c3cc4cnc(N5CCC(N)CC5)nc4[nH]c3=O)c2)c1. The van der Waals surface area contributed by atoms with Crippen molar-refractivity contribution in [2.45, 2.75) is 31.7 Å². The fraction of sp³-hybridized carbons (Fsp3) is 0.276. The number of aryl methyl sites for hydroxylation is 1. The number of hydrogen-bond acceptors (Lipinski definition) is 8. The zero-order chi connectivity index (χ0) is 28.9. The van der Waals surface area contributed by atoms with E-state index in [4.69, 9.17) is 23.1 Å². The minimum Gasteiger partial charge on any atom is -0.399 e. The lowest BCUT2D eigenvalue weighted by Crippen LogP contribution is -2.40. The second-order valence-electron chi connectivity index (χ2n) is 10.1. The number of amides is 2. The average molecular weight is 612 g/mol. The molecule has 5 rings (SSSR count). The van der Waals surface area contributed by atoms with Crippen molar-refractivity contribution < 1.29 is 9.59 Å². The number of hydrogen-bond donors (Lipinski definition) is 5. The lowest BCUT2D eigenvalue weighted by Gasteiger charge is -2.30. The van der Waals surface area contributed by atoms with E-state index < -0.39 is 11.5 Å². The molecule has 1 aliphatic heterocycles. The van der Waals surface area contributed by atoms with Crippen molar-refractivity contribution in [1.82, 2.24) is 20.3 Å². The van der Waals surface area contributed by atoms with Gasteiger partial charge in [-0.1, -0.05) is 23.7 Å². The molecule has 0 saturated carbocycles. The molecule has 0 bridgehead atoms. The summed E-state index contributed by atoms with van der Waals surface area (Å²) in [5.41, 5.74) is 13.7. The standard InChI is InChI=1S/C29H31ClN8O3.ClH/c30-23-7-6-18(26(39)33-10-2-4-17-3-1-5-21(32)13-17)15-24(23)35-27(40)22-14-19-16-34-29(37-25(19)36-28(22)41)38-11-8-20(31)9-12-38;/h1,3,5-7,13-16,20H,2,4,8-12,31-32H2,(H,33,39)(H,35,40)(H,34,36,37,41);1H. The van der Waals surface area contributed by atoms with Crippen LogP contribution in [-0.2, 0) is 6.42 Å². The van der Waals surface area contributed by atoms with Gasteiger partial charge >= 0.3 is 0 Å². The van der Waals surface area contributed by atoms with Gasteiger partial charge in [-0.3, -0.25) is 14.4 Å². The largest absolute Gasteiger partial charge is 0.399 e. The highest BCUT2D eigenvalue weighted by atomic mass is 35.5. The van der Waals surface area contributed by atoms with Gasteiger partial charge in [0.25, 0.3) is 17.4 Å². The number of nitrogens with two attached hydrogens (primary N) is 2. The quantitative estimate of drug-likeness (QED) is 0.149. The van der Waals surface area contributed by atoms with Gasteiger partial charge in [0.1, 0.15) is 11.2 Å². The van der Waals surface area contributed by atoms with Crippen molar-refractivity contribution in [3.63, 3.8) is 0 Å². The second kappa shape index (κ2) is 13.6. The van der Waals surface area contributed by atoms with Crippen molar-refractivity contribution in [2.75, 3.05) is 35.6 Å². The molecule has 42 heavy (non-hydrogen) atoms. The molecule has 0 unspecified atom stereocenters. The molecule has 2 aromatic carbocycles. The summed E-state index contributed by atoms with van der Waals surface area (Å²) in [6.45, 7) is 1.93. The molecular formula is C29H32Cl2N8O3. The molecule has 4 aromatic rings. The number of carbonyl (C=O) groups excluding carboxylic acids is 2. The van der Waals surface area contributed by atoms with Crippen LogP contribution in [0.1, 0.15) is 45.5 Å². The number of nitrogen functional groups attached to an aromatic ring is 1. The molecule has 13 heteroatoms. The summed E-state index contributed by atoms with van der Waals surface area (Å²) < 4.78 is 0. The van der Waals surface area contributed by atoms with Crippen LogP contribution in [0.3, 0.4) is 0 Å². The molecule has 1 aliphatic rings. The summed E-state index contributed by atoms with van der Waals surface area (Å²) in [4.78, 5) is 52.2. The third-order valence-corrected chi connectivity index (χ3v) is 7.33. The first kappa shape index (κ1) is 30.8. The highest BCUT2D eigenvalue weighted by Crippen LogP contribution is 2.24. The van der Waals surface area contributed by atoms with Crippen molar-refractivity contribution >= 4 is 64.2 Å². The minimum atomic E-state index is -0.677. The van der Waals surface area contributed by atoms with Gasteiger partial charge in [-0.2, -0.15) is 4.98 Å². The number of fused-ring (bicyclic) bond motifs is 1. The van der Waals surface area contributed by atoms with Gasteiger partial charge in [0.15, 0.2) is 0 Å². The van der Waals surface area contributed by atoms with Crippen LogP contribution >= 0.6 is 24.0 Å². The Bertz CT molecular complexity index is 1650. The van der Waals surface area contributed by atoms with Crippen molar-refractivity contribution in [2.24, 2.45) is 5.73 Å². The topological polar surface area (TPSA) is 172 Å². The number of H-pyrrole nitrogens is 1. The average Bonchev–Trinajstić information content (AvgIpc) is 2.96. The van der Waals surface area contributed by atoms with Crippen LogP contribution in [0.4, 0.5) is 17.3 Å². The molecule has 0 aliphatic carbocycles. The first-order valence-electron chi connectivity index (χ1n) is 13.4. The Balaban J connectivity index is 0.00000405. The molecular weight excluding hydrogens is 579 g/mol. The Morgan fingerprint density at radius 1 is 1.10 bits per heavy atom. The number of halogens is 2. The Kier molecular flexibility index (Phi) is 10.00. The van der Waals surface area contributed by atoms with Crippen LogP contribution in [0.25, 0.3) is 11.0 Å². The van der Waals surface area contributed by atoms with E-state index in [1.54, 1.807) is 12.3 Å². The molecule has 220 valence electrons. The number of aromatic nitrogens is 3. The zero-order valence-electron chi connectivity index (χ0n) is 22.7. The van der Waals surface area contributed by atoms with Gasteiger partial charge in [-0.25, -0.2) is 4.98 Å². The predicted molar refractivity (Wildman–Crippen MR) is 168 cm³/mol. The van der Waals surface area contributed by atoms with Gasteiger partial charge in [-0.15, -0.1) is 12.4 Å². The lowest BCUT2D eigenvalue weighted by molar-refractivity contribution is 0.0951. The summed E-state index contributed by atoms with van der Waals surface area (Å²) in [6.07, 6.45) is 4.75. The Hall–Kier alpha value is -4.19. The third-order valence-electron chi connectivity index (χ3n) is 7.00. The fourth-order valence-corrected chi connectivity index (χ4v) is 4.87. The first-order valence-corrected chi connectivity index (χ1v) is 13.8. The van der Waals surface area contributed by atoms with Gasteiger partial charge < -0.3 is 32.0 Å². The van der Waals surface area contributed by atoms with E-state index in [1.165, 1.54) is 18.2 Å². The van der Waals surface area contributed by atoms with E-state index in [-0.39, 0.29) is 40.6 Å². The highest BCUT2D eigenvalue weighted by molar-refractivity contribution is 6.34. The molecule has 2 amide bonds. The monoisotopic (exact) mass is 610 g/mol. The molecule has 1 fully saturated rings. The molecule has 3 heterocycles. The molecule has 1 saturated heterocycles. The van der Waals surface area contributed by atoms with Crippen molar-refractivity contribution in [3.8, 4) is 0 Å². The number of nitrogens with one attached hydrogen (secondary N) is 3. The summed E-state index contributed by atoms with van der Waals surface area (Å²) in [6, 6.07) is 13.8. The molecule has 7 N–H and O–H groups in total. The van der Waals surface area contributed by atoms with E-state index in [0.717, 1.165) is 44.3 Å². The van der Waals surface area contributed by atoms with Crippen LogP contribution in [0.5, 0.6) is 0 Å². The number of pyridine rings is 1. The fourth-order valence-electron chi connectivity index (χ4n) is 4.70. The lowest BCUT2D eigenvalue weighted by atomic mass is 10.1. The van der Waals surface area contributed by atoms with Gasteiger partial charge in [0, 0.05) is 48.5 Å². The Labute approximate surface area is 253 Å².